The molecule has 0 aliphatic heterocycles. The molecule has 2 fully saturated rings. The minimum absolute atomic E-state index is 0.0120. The molecule has 0 bridgehead atoms. The molecule has 3 heterocycles. The molecule has 2 atom stereocenters. The zero-order chi connectivity index (χ0) is 27.3. The van der Waals surface area contributed by atoms with E-state index in [1.54, 1.807) is 22.7 Å². The predicted octanol–water partition coefficient (Wildman–Crippen LogP) is 4.72. The molecule has 2 aliphatic rings. The third kappa shape index (κ3) is 4.84. The number of hydrogen-bond donors (Lipinski definition) is 3. The number of fused-ring (bicyclic) bond motifs is 1. The summed E-state index contributed by atoms with van der Waals surface area (Å²) in [5.74, 6) is 0.579. The average molecular weight is 539 g/mol. The van der Waals surface area contributed by atoms with Gasteiger partial charge in [-0.05, 0) is 61.8 Å². The zero-order valence-electron chi connectivity index (χ0n) is 21.4. The lowest BCUT2D eigenvalue weighted by Crippen LogP contribution is -2.28. The molecule has 2 saturated carbocycles. The summed E-state index contributed by atoms with van der Waals surface area (Å²) >= 11 is 0. The van der Waals surface area contributed by atoms with Crippen LogP contribution in [0.2, 0.25) is 0 Å². The smallest absolute Gasteiger partial charge is 0.352 e. The van der Waals surface area contributed by atoms with E-state index in [0.29, 0.717) is 41.6 Å². The maximum absolute atomic E-state index is 13.9. The van der Waals surface area contributed by atoms with E-state index in [2.05, 4.69) is 25.7 Å². The molecule has 39 heavy (non-hydrogen) atoms. The summed E-state index contributed by atoms with van der Waals surface area (Å²) in [6.07, 6.45) is 5.56. The number of amides is 1. The van der Waals surface area contributed by atoms with Gasteiger partial charge in [-0.15, -0.1) is 0 Å². The molecule has 4 aromatic rings. The van der Waals surface area contributed by atoms with E-state index in [1.165, 1.54) is 23.3 Å². The van der Waals surface area contributed by atoms with Gasteiger partial charge >= 0.3 is 6.18 Å². The van der Waals surface area contributed by atoms with Crippen molar-refractivity contribution in [2.45, 2.75) is 57.3 Å². The Morgan fingerprint density at radius 1 is 1.23 bits per heavy atom. The van der Waals surface area contributed by atoms with Gasteiger partial charge in [-0.25, -0.2) is 9.97 Å². The van der Waals surface area contributed by atoms with Crippen LogP contribution in [0.4, 0.5) is 24.7 Å². The Balaban J connectivity index is 1.29. The SMILES string of the molecule is CCc1cc(Nc2nccn3c(-c4cn(C5CCC5)nc4C(F)(F)F)cnc23)ccc1C(=O)NCC1CC1N. The van der Waals surface area contributed by atoms with Crippen molar-refractivity contribution >= 4 is 23.1 Å². The number of anilines is 2. The summed E-state index contributed by atoms with van der Waals surface area (Å²) in [5.41, 5.74) is 7.68. The highest BCUT2D eigenvalue weighted by Crippen LogP contribution is 2.40. The molecule has 12 heteroatoms. The van der Waals surface area contributed by atoms with Gasteiger partial charge in [-0.3, -0.25) is 13.9 Å². The number of nitrogens with zero attached hydrogens (tertiary/aromatic N) is 5. The average Bonchev–Trinajstić information content (AvgIpc) is 3.23. The highest BCUT2D eigenvalue weighted by Gasteiger charge is 2.39. The lowest BCUT2D eigenvalue weighted by atomic mass is 9.93. The lowest BCUT2D eigenvalue weighted by Gasteiger charge is -2.25. The quantitative estimate of drug-likeness (QED) is 0.299. The largest absolute Gasteiger partial charge is 0.435 e. The van der Waals surface area contributed by atoms with E-state index in [9.17, 15) is 18.0 Å². The molecule has 9 nitrogen and oxygen atoms in total. The Morgan fingerprint density at radius 2 is 2.03 bits per heavy atom. The topological polar surface area (TPSA) is 115 Å². The van der Waals surface area contributed by atoms with Crippen LogP contribution in [0.25, 0.3) is 16.9 Å². The summed E-state index contributed by atoms with van der Waals surface area (Å²) in [7, 11) is 0. The molecule has 3 aromatic heterocycles. The number of carbonyl (C=O) groups is 1. The molecule has 2 aliphatic carbocycles. The first-order valence-electron chi connectivity index (χ1n) is 13.2. The molecule has 0 spiro atoms. The van der Waals surface area contributed by atoms with Crippen LogP contribution >= 0.6 is 0 Å². The fourth-order valence-corrected chi connectivity index (χ4v) is 4.98. The van der Waals surface area contributed by atoms with Crippen LogP contribution in [0.3, 0.4) is 0 Å². The van der Waals surface area contributed by atoms with E-state index in [4.69, 9.17) is 5.73 Å². The normalized spacial score (nSPS) is 19.2. The summed E-state index contributed by atoms with van der Waals surface area (Å²) in [4.78, 5) is 21.5. The minimum Gasteiger partial charge on any atom is -0.352 e. The van der Waals surface area contributed by atoms with Gasteiger partial charge in [0, 0.05) is 42.4 Å². The first-order valence-corrected chi connectivity index (χ1v) is 13.2. The van der Waals surface area contributed by atoms with E-state index >= 15 is 0 Å². The van der Waals surface area contributed by atoms with Crippen molar-refractivity contribution < 1.29 is 18.0 Å². The van der Waals surface area contributed by atoms with E-state index < -0.39 is 11.9 Å². The Hall–Kier alpha value is -3.93. The zero-order valence-corrected chi connectivity index (χ0v) is 21.4. The molecule has 6 rings (SSSR count). The number of hydrogen-bond acceptors (Lipinski definition) is 6. The number of aryl methyl sites for hydroxylation is 1. The molecule has 0 saturated heterocycles. The van der Waals surface area contributed by atoms with Crippen molar-refractivity contribution in [3.63, 3.8) is 0 Å². The second-order valence-corrected chi connectivity index (χ2v) is 10.3. The summed E-state index contributed by atoms with van der Waals surface area (Å²) in [6.45, 7) is 2.53. The van der Waals surface area contributed by atoms with Crippen LogP contribution < -0.4 is 16.4 Å². The molecule has 204 valence electrons. The molecule has 1 amide bonds. The van der Waals surface area contributed by atoms with Gasteiger partial charge in [-0.2, -0.15) is 18.3 Å². The Labute approximate surface area is 222 Å². The highest BCUT2D eigenvalue weighted by atomic mass is 19.4. The monoisotopic (exact) mass is 538 g/mol. The predicted molar refractivity (Wildman–Crippen MR) is 140 cm³/mol. The van der Waals surface area contributed by atoms with Crippen molar-refractivity contribution in [3.05, 3.63) is 59.8 Å². The van der Waals surface area contributed by atoms with Gasteiger partial charge in [-0.1, -0.05) is 6.92 Å². The van der Waals surface area contributed by atoms with E-state index in [-0.39, 0.29) is 29.2 Å². The summed E-state index contributed by atoms with van der Waals surface area (Å²) in [5, 5.41) is 10.1. The second-order valence-electron chi connectivity index (χ2n) is 10.3. The molecule has 2 unspecified atom stereocenters. The lowest BCUT2D eigenvalue weighted by molar-refractivity contribution is -0.141. The standard InChI is InChI=1S/C27H29F3N8O/c1-2-15-10-17(6-7-19(15)26(39)34-12-16-11-21(16)31)35-24-25-33-13-22(37(25)9-8-32-24)20-14-38(18-4-3-5-18)36-23(20)27(28,29)30/h6-10,13-14,16,18,21H,2-5,11-12,31H2,1H3,(H,32,35)(H,34,39). The van der Waals surface area contributed by atoms with Gasteiger partial charge in [0.1, 0.15) is 0 Å². The molecule has 0 radical (unpaired) electrons. The van der Waals surface area contributed by atoms with E-state index in [1.807, 2.05) is 13.0 Å². The summed E-state index contributed by atoms with van der Waals surface area (Å²) in [6, 6.07) is 5.56. The van der Waals surface area contributed by atoms with Crippen LogP contribution in [0, 0.1) is 5.92 Å². The van der Waals surface area contributed by atoms with E-state index in [0.717, 1.165) is 31.2 Å². The molecule has 1 aromatic carbocycles. The Bertz CT molecular complexity index is 1540. The van der Waals surface area contributed by atoms with Crippen molar-refractivity contribution in [3.8, 4) is 11.3 Å². The van der Waals surface area contributed by atoms with Gasteiger partial charge in [0.15, 0.2) is 17.2 Å². The first kappa shape index (κ1) is 25.4. The fraction of sp³-hybridized carbons (Fsp3) is 0.407. The number of rotatable bonds is 8. The number of alkyl halides is 3. The van der Waals surface area contributed by atoms with Crippen molar-refractivity contribution in [2.75, 3.05) is 11.9 Å². The van der Waals surface area contributed by atoms with Crippen molar-refractivity contribution in [1.82, 2.24) is 29.5 Å². The maximum Gasteiger partial charge on any atom is 0.435 e. The summed E-state index contributed by atoms with van der Waals surface area (Å²) < 4.78 is 44.7. The van der Waals surface area contributed by atoms with Gasteiger partial charge in [0.2, 0.25) is 0 Å². The third-order valence-corrected chi connectivity index (χ3v) is 7.65. The first-order chi connectivity index (χ1) is 18.7. The van der Waals surface area contributed by atoms with Crippen molar-refractivity contribution in [2.24, 2.45) is 11.7 Å². The number of carbonyl (C=O) groups excluding carboxylic acids is 1. The van der Waals surface area contributed by atoms with Crippen LogP contribution in [-0.4, -0.2) is 42.6 Å². The highest BCUT2D eigenvalue weighted by molar-refractivity contribution is 5.96. The Kier molecular flexibility index (Phi) is 6.29. The van der Waals surface area contributed by atoms with Gasteiger partial charge in [0.25, 0.3) is 5.91 Å². The van der Waals surface area contributed by atoms with Crippen LogP contribution in [0.1, 0.15) is 60.3 Å². The van der Waals surface area contributed by atoms with Crippen molar-refractivity contribution in [1.29, 1.82) is 0 Å². The molecular weight excluding hydrogens is 509 g/mol. The van der Waals surface area contributed by atoms with Gasteiger partial charge < -0.3 is 16.4 Å². The molecular formula is C27H29F3N8O. The van der Waals surface area contributed by atoms with Crippen LogP contribution in [-0.2, 0) is 12.6 Å². The number of nitrogens with one attached hydrogen (secondary N) is 2. The maximum atomic E-state index is 13.9. The number of benzene rings is 1. The minimum atomic E-state index is -4.60. The van der Waals surface area contributed by atoms with Crippen LogP contribution in [0.15, 0.2) is 43.0 Å². The number of imidazole rings is 1. The third-order valence-electron chi connectivity index (χ3n) is 7.65. The fourth-order valence-electron chi connectivity index (χ4n) is 4.98. The number of halogens is 3. The molecule has 4 N–H and O–H groups in total. The number of aromatic nitrogens is 5. The van der Waals surface area contributed by atoms with Gasteiger partial charge in [0.05, 0.1) is 23.5 Å². The Morgan fingerprint density at radius 3 is 2.69 bits per heavy atom. The number of nitrogens with two attached hydrogens (primary N) is 1. The van der Waals surface area contributed by atoms with Crippen LogP contribution in [0.5, 0.6) is 0 Å². The second kappa shape index (κ2) is 9.67.